The van der Waals surface area contributed by atoms with Crippen LogP contribution in [0.15, 0.2) is 24.7 Å². The van der Waals surface area contributed by atoms with Crippen LogP contribution >= 0.6 is 0 Å². The number of aromatic nitrogens is 3. The lowest BCUT2D eigenvalue weighted by molar-refractivity contribution is -0.145. The van der Waals surface area contributed by atoms with Gasteiger partial charge < -0.3 is 4.74 Å². The van der Waals surface area contributed by atoms with Gasteiger partial charge in [0.1, 0.15) is 11.8 Å². The summed E-state index contributed by atoms with van der Waals surface area (Å²) in [5.41, 5.74) is 1.42. The molecule has 2 atom stereocenters. The van der Waals surface area contributed by atoms with Gasteiger partial charge in [-0.3, -0.25) is 14.7 Å². The Hall–Kier alpha value is -3.11. The summed E-state index contributed by atoms with van der Waals surface area (Å²) in [5.74, 6) is -1.53. The number of carbonyl (C=O) groups excluding carboxylic acids is 2. The van der Waals surface area contributed by atoms with Crippen molar-refractivity contribution in [3.05, 3.63) is 41.6 Å². The fraction of sp³-hybridized carbons (Fsp3) is 0.522. The highest BCUT2D eigenvalue weighted by atomic mass is 19.4. The van der Waals surface area contributed by atoms with E-state index in [1.165, 1.54) is 0 Å². The lowest BCUT2D eigenvalue weighted by Gasteiger charge is -2.27. The van der Waals surface area contributed by atoms with E-state index in [0.717, 1.165) is 28.4 Å². The number of Topliss-reactive ketones (excluding diaryl/α,β-unsaturated/α-hetero) is 1. The highest BCUT2D eigenvalue weighted by Gasteiger charge is 2.41. The van der Waals surface area contributed by atoms with E-state index in [9.17, 15) is 27.2 Å². The van der Waals surface area contributed by atoms with Crippen LogP contribution in [0, 0.1) is 6.92 Å². The number of hydrogen-bond donors (Lipinski definition) is 0. The minimum atomic E-state index is -4.64. The monoisotopic (exact) mass is 482 g/mol. The summed E-state index contributed by atoms with van der Waals surface area (Å²) in [6, 6.07) is 0.752. The summed E-state index contributed by atoms with van der Waals surface area (Å²) in [7, 11) is 0. The number of likely N-dealkylation sites (tertiary alicyclic amines) is 1. The molecule has 0 aromatic carbocycles. The Bertz CT molecular complexity index is 1050. The maximum Gasteiger partial charge on any atom is 0.451 e. The number of halogens is 4. The molecule has 0 spiro atoms. The lowest BCUT2D eigenvalue weighted by Crippen LogP contribution is -2.43. The maximum atomic E-state index is 14.1. The van der Waals surface area contributed by atoms with Crippen molar-refractivity contribution in [3.63, 3.8) is 0 Å². The second-order valence-corrected chi connectivity index (χ2v) is 9.24. The molecule has 0 N–H and O–H groups in total. The first-order valence-corrected chi connectivity index (χ1v) is 10.8. The van der Waals surface area contributed by atoms with E-state index < -0.39 is 35.9 Å². The minimum absolute atomic E-state index is 0.0461. The molecule has 11 heteroatoms. The van der Waals surface area contributed by atoms with Crippen LogP contribution in [0.5, 0.6) is 0 Å². The van der Waals surface area contributed by atoms with Crippen molar-refractivity contribution in [2.24, 2.45) is 0 Å². The van der Waals surface area contributed by atoms with Crippen molar-refractivity contribution in [1.82, 2.24) is 19.9 Å². The molecular formula is C23H26F4N4O3. The van der Waals surface area contributed by atoms with E-state index in [0.29, 0.717) is 11.3 Å². The molecule has 0 bridgehead atoms. The highest BCUT2D eigenvalue weighted by Crippen LogP contribution is 2.28. The van der Waals surface area contributed by atoms with E-state index in [4.69, 9.17) is 4.74 Å². The van der Waals surface area contributed by atoms with Gasteiger partial charge in [-0.2, -0.15) is 13.2 Å². The van der Waals surface area contributed by atoms with Gasteiger partial charge in [-0.1, -0.05) is 0 Å². The Labute approximate surface area is 194 Å². The average molecular weight is 482 g/mol. The number of hydrogen-bond acceptors (Lipinski definition) is 6. The molecule has 184 valence electrons. The Morgan fingerprint density at radius 3 is 2.35 bits per heavy atom. The van der Waals surface area contributed by atoms with Crippen LogP contribution < -0.4 is 0 Å². The molecule has 1 aliphatic rings. The standard InChI is InChI=1S/C23H26F4N4O3/c1-13-9-28-17(15-10-29-20(30-11-15)23(25,26)27)7-14(13)5-6-19(32)18-8-16(24)12-31(18)21(33)34-22(2,3)4/h7,9-11,16,18H,5-6,8,12H2,1-4H3/t16-,18+/m1/s1. The largest absolute Gasteiger partial charge is 0.451 e. The van der Waals surface area contributed by atoms with Gasteiger partial charge in [0.2, 0.25) is 5.82 Å². The fourth-order valence-electron chi connectivity index (χ4n) is 3.64. The molecule has 2 aromatic rings. The van der Waals surface area contributed by atoms with E-state index in [2.05, 4.69) is 15.0 Å². The van der Waals surface area contributed by atoms with Crippen molar-refractivity contribution in [2.75, 3.05) is 6.54 Å². The molecule has 1 fully saturated rings. The first-order valence-electron chi connectivity index (χ1n) is 10.8. The SMILES string of the molecule is Cc1cnc(-c2cnc(C(F)(F)F)nc2)cc1CCC(=O)[C@@H]1C[C@@H](F)CN1C(=O)OC(C)(C)C. The van der Waals surface area contributed by atoms with Crippen LogP contribution in [0.3, 0.4) is 0 Å². The van der Waals surface area contributed by atoms with E-state index in [-0.39, 0.29) is 31.6 Å². The summed E-state index contributed by atoms with van der Waals surface area (Å²) < 4.78 is 57.5. The zero-order valence-corrected chi connectivity index (χ0v) is 19.3. The molecule has 7 nitrogen and oxygen atoms in total. The third-order valence-corrected chi connectivity index (χ3v) is 5.31. The van der Waals surface area contributed by atoms with Crippen molar-refractivity contribution in [2.45, 2.75) is 70.9 Å². The van der Waals surface area contributed by atoms with Crippen molar-refractivity contribution in [1.29, 1.82) is 0 Å². The third kappa shape index (κ3) is 6.27. The number of rotatable bonds is 5. The van der Waals surface area contributed by atoms with Crippen molar-refractivity contribution in [3.8, 4) is 11.3 Å². The molecule has 1 saturated heterocycles. The summed E-state index contributed by atoms with van der Waals surface area (Å²) in [5, 5.41) is 0. The summed E-state index contributed by atoms with van der Waals surface area (Å²) in [6.45, 7) is 6.67. The van der Waals surface area contributed by atoms with Crippen LogP contribution in [0.25, 0.3) is 11.3 Å². The third-order valence-electron chi connectivity index (χ3n) is 5.31. The molecule has 3 rings (SSSR count). The number of amides is 1. The van der Waals surface area contributed by atoms with E-state index in [1.807, 2.05) is 0 Å². The number of alkyl halides is 4. The van der Waals surface area contributed by atoms with Crippen LogP contribution in [-0.4, -0.2) is 56.1 Å². The van der Waals surface area contributed by atoms with Gasteiger partial charge in [0, 0.05) is 37.0 Å². The average Bonchev–Trinajstić information content (AvgIpc) is 3.13. The second-order valence-electron chi connectivity index (χ2n) is 9.24. The van der Waals surface area contributed by atoms with Gasteiger partial charge in [0.05, 0.1) is 18.3 Å². The molecule has 1 amide bonds. The van der Waals surface area contributed by atoms with E-state index in [1.54, 1.807) is 40.0 Å². The first kappa shape index (κ1) is 25.5. The van der Waals surface area contributed by atoms with Crippen LogP contribution in [0.2, 0.25) is 0 Å². The van der Waals surface area contributed by atoms with Crippen LogP contribution in [-0.2, 0) is 22.1 Å². The summed E-state index contributed by atoms with van der Waals surface area (Å²) in [6.07, 6.45) is -2.79. The second kappa shape index (κ2) is 9.63. The molecule has 34 heavy (non-hydrogen) atoms. The zero-order chi connectivity index (χ0) is 25.3. The Balaban J connectivity index is 1.71. The van der Waals surface area contributed by atoms with Gasteiger partial charge in [-0.25, -0.2) is 19.2 Å². The first-order chi connectivity index (χ1) is 15.7. The molecule has 3 heterocycles. The quantitative estimate of drug-likeness (QED) is 0.574. The topological polar surface area (TPSA) is 85.3 Å². The molecule has 2 aromatic heterocycles. The number of ketones is 1. The van der Waals surface area contributed by atoms with Gasteiger partial charge in [-0.05, 0) is 51.3 Å². The number of nitrogens with zero attached hydrogens (tertiary/aromatic N) is 4. The Morgan fingerprint density at radius 2 is 1.76 bits per heavy atom. The lowest BCUT2D eigenvalue weighted by atomic mass is 9.98. The van der Waals surface area contributed by atoms with Crippen LogP contribution in [0.1, 0.15) is 50.6 Å². The summed E-state index contributed by atoms with van der Waals surface area (Å²) >= 11 is 0. The van der Waals surface area contributed by atoms with Gasteiger partial charge in [0.25, 0.3) is 0 Å². The highest BCUT2D eigenvalue weighted by molar-refractivity contribution is 5.88. The minimum Gasteiger partial charge on any atom is -0.444 e. The van der Waals surface area contributed by atoms with Gasteiger partial charge in [0.15, 0.2) is 5.78 Å². The van der Waals surface area contributed by atoms with Crippen molar-refractivity contribution >= 4 is 11.9 Å². The number of aryl methyl sites for hydroxylation is 2. The number of ether oxygens (including phenoxy) is 1. The molecule has 0 unspecified atom stereocenters. The molecule has 0 saturated carbocycles. The number of pyridine rings is 1. The zero-order valence-electron chi connectivity index (χ0n) is 19.3. The summed E-state index contributed by atoms with van der Waals surface area (Å²) in [4.78, 5) is 37.4. The predicted octanol–water partition coefficient (Wildman–Crippen LogP) is 4.72. The predicted molar refractivity (Wildman–Crippen MR) is 115 cm³/mol. The van der Waals surface area contributed by atoms with Gasteiger partial charge >= 0.3 is 12.3 Å². The molecule has 1 aliphatic heterocycles. The maximum absolute atomic E-state index is 14.1. The molecular weight excluding hydrogens is 456 g/mol. The van der Waals surface area contributed by atoms with Gasteiger partial charge in [-0.15, -0.1) is 0 Å². The molecule has 0 aliphatic carbocycles. The van der Waals surface area contributed by atoms with Crippen molar-refractivity contribution < 1.29 is 31.9 Å². The smallest absolute Gasteiger partial charge is 0.444 e. The van der Waals surface area contributed by atoms with E-state index >= 15 is 0 Å². The Morgan fingerprint density at radius 1 is 1.12 bits per heavy atom. The number of carbonyl (C=O) groups is 2. The normalized spacial score (nSPS) is 18.8. The van der Waals surface area contributed by atoms with Crippen LogP contribution in [0.4, 0.5) is 22.4 Å². The Kier molecular flexibility index (Phi) is 7.23. The molecule has 0 radical (unpaired) electrons. The fourth-order valence-corrected chi connectivity index (χ4v) is 3.64.